The Kier molecular flexibility index (Phi) is 4.93. The SMILES string of the molecule is CNCc1ccc(Sc2ccc([N+](=O)[O-])cc2)c(C#N)c1. The molecule has 2 rings (SSSR count). The first-order chi connectivity index (χ1) is 10.1. The standard InChI is InChI=1S/C15H13N3O2S/c1-17-10-11-2-7-15(12(8-11)9-16)21-14-5-3-13(4-6-14)18(19)20/h2-8,17H,10H2,1H3. The molecule has 0 aromatic heterocycles. The van der Waals surface area contributed by atoms with Crippen LogP contribution >= 0.6 is 11.8 Å². The van der Waals surface area contributed by atoms with Crippen molar-refractivity contribution >= 4 is 17.4 Å². The summed E-state index contributed by atoms with van der Waals surface area (Å²) in [6.45, 7) is 0.706. The highest BCUT2D eigenvalue weighted by molar-refractivity contribution is 7.99. The van der Waals surface area contributed by atoms with Crippen LogP contribution in [0.25, 0.3) is 0 Å². The molecule has 106 valence electrons. The van der Waals surface area contributed by atoms with E-state index < -0.39 is 4.92 Å². The van der Waals surface area contributed by atoms with Crippen molar-refractivity contribution in [1.29, 1.82) is 5.26 Å². The van der Waals surface area contributed by atoms with Crippen molar-refractivity contribution in [2.24, 2.45) is 0 Å². The maximum absolute atomic E-state index is 10.6. The smallest absolute Gasteiger partial charge is 0.269 e. The van der Waals surface area contributed by atoms with Crippen molar-refractivity contribution in [2.45, 2.75) is 16.3 Å². The van der Waals surface area contributed by atoms with Gasteiger partial charge in [0.25, 0.3) is 5.69 Å². The second-order valence-corrected chi connectivity index (χ2v) is 5.44. The molecule has 5 nitrogen and oxygen atoms in total. The maximum Gasteiger partial charge on any atom is 0.269 e. The first kappa shape index (κ1) is 15.0. The number of nitriles is 1. The van der Waals surface area contributed by atoms with Crippen molar-refractivity contribution in [3.05, 3.63) is 63.7 Å². The predicted octanol–water partition coefficient (Wildman–Crippen LogP) is 3.34. The first-order valence-corrected chi connectivity index (χ1v) is 7.05. The first-order valence-electron chi connectivity index (χ1n) is 6.24. The lowest BCUT2D eigenvalue weighted by Gasteiger charge is -2.06. The number of nitro groups is 1. The van der Waals surface area contributed by atoms with Crippen LogP contribution in [0.4, 0.5) is 5.69 Å². The molecule has 0 aliphatic rings. The van der Waals surface area contributed by atoms with Crippen LogP contribution in [0.3, 0.4) is 0 Å². The van der Waals surface area contributed by atoms with Gasteiger partial charge in [-0.15, -0.1) is 0 Å². The Balaban J connectivity index is 2.22. The number of benzene rings is 2. The van der Waals surface area contributed by atoms with Gasteiger partial charge in [0, 0.05) is 28.5 Å². The highest BCUT2D eigenvalue weighted by Gasteiger charge is 2.08. The molecular formula is C15H13N3O2S. The Bertz CT molecular complexity index is 693. The third-order valence-corrected chi connectivity index (χ3v) is 3.90. The van der Waals surface area contributed by atoms with Gasteiger partial charge in [-0.1, -0.05) is 17.8 Å². The summed E-state index contributed by atoms with van der Waals surface area (Å²) < 4.78 is 0. The highest BCUT2D eigenvalue weighted by atomic mass is 32.2. The summed E-state index contributed by atoms with van der Waals surface area (Å²) in [6.07, 6.45) is 0. The van der Waals surface area contributed by atoms with Crippen molar-refractivity contribution in [3.8, 4) is 6.07 Å². The summed E-state index contributed by atoms with van der Waals surface area (Å²) in [4.78, 5) is 11.9. The topological polar surface area (TPSA) is 79.0 Å². The summed E-state index contributed by atoms with van der Waals surface area (Å²) in [5, 5.41) is 22.9. The molecule has 6 heteroatoms. The molecule has 0 saturated carbocycles. The van der Waals surface area contributed by atoms with E-state index in [-0.39, 0.29) is 5.69 Å². The van der Waals surface area contributed by atoms with Gasteiger partial charge < -0.3 is 5.32 Å². The molecule has 0 bridgehead atoms. The Morgan fingerprint density at radius 1 is 1.29 bits per heavy atom. The minimum absolute atomic E-state index is 0.0595. The predicted molar refractivity (Wildman–Crippen MR) is 81.1 cm³/mol. The van der Waals surface area contributed by atoms with Crippen LogP contribution in [-0.2, 0) is 6.54 Å². The fourth-order valence-electron chi connectivity index (χ4n) is 1.83. The van der Waals surface area contributed by atoms with Gasteiger partial charge >= 0.3 is 0 Å². The van der Waals surface area contributed by atoms with E-state index in [1.165, 1.54) is 23.9 Å². The van der Waals surface area contributed by atoms with Crippen LogP contribution in [0.15, 0.2) is 52.3 Å². The van der Waals surface area contributed by atoms with E-state index in [0.29, 0.717) is 12.1 Å². The number of nitrogens with zero attached hydrogens (tertiary/aromatic N) is 2. The third kappa shape index (κ3) is 3.81. The molecule has 0 radical (unpaired) electrons. The zero-order chi connectivity index (χ0) is 15.2. The summed E-state index contributed by atoms with van der Waals surface area (Å²) in [6, 6.07) is 14.2. The Morgan fingerprint density at radius 2 is 2.00 bits per heavy atom. The maximum atomic E-state index is 10.6. The lowest BCUT2D eigenvalue weighted by molar-refractivity contribution is -0.384. The normalized spacial score (nSPS) is 10.1. The summed E-state index contributed by atoms with van der Waals surface area (Å²) in [5.41, 5.74) is 1.71. The Labute approximate surface area is 126 Å². The van der Waals surface area contributed by atoms with Gasteiger partial charge in [0.05, 0.1) is 10.5 Å². The number of nitro benzene ring substituents is 1. The van der Waals surface area contributed by atoms with Crippen molar-refractivity contribution in [3.63, 3.8) is 0 Å². The van der Waals surface area contributed by atoms with E-state index in [4.69, 9.17) is 0 Å². The largest absolute Gasteiger partial charge is 0.316 e. The van der Waals surface area contributed by atoms with Crippen LogP contribution in [0.5, 0.6) is 0 Å². The number of hydrogen-bond acceptors (Lipinski definition) is 5. The van der Waals surface area contributed by atoms with Crippen LogP contribution in [0, 0.1) is 21.4 Å². The van der Waals surface area contributed by atoms with Gasteiger partial charge in [-0.25, -0.2) is 0 Å². The van der Waals surface area contributed by atoms with Crippen molar-refractivity contribution in [1.82, 2.24) is 5.32 Å². The molecule has 0 saturated heterocycles. The molecule has 0 spiro atoms. The molecule has 0 unspecified atom stereocenters. The van der Waals surface area contributed by atoms with Gasteiger partial charge in [0.2, 0.25) is 0 Å². The number of nitrogens with one attached hydrogen (secondary N) is 1. The van der Waals surface area contributed by atoms with E-state index in [9.17, 15) is 15.4 Å². The zero-order valence-electron chi connectivity index (χ0n) is 11.4. The van der Waals surface area contributed by atoms with Crippen LogP contribution in [-0.4, -0.2) is 12.0 Å². The van der Waals surface area contributed by atoms with Gasteiger partial charge in [0.15, 0.2) is 0 Å². The summed E-state index contributed by atoms with van der Waals surface area (Å²) in [5.74, 6) is 0. The van der Waals surface area contributed by atoms with Crippen molar-refractivity contribution < 1.29 is 4.92 Å². The lowest BCUT2D eigenvalue weighted by Crippen LogP contribution is -2.05. The molecular weight excluding hydrogens is 286 g/mol. The molecule has 0 aliphatic carbocycles. The summed E-state index contributed by atoms with van der Waals surface area (Å²) in [7, 11) is 1.85. The average Bonchev–Trinajstić information content (AvgIpc) is 2.49. The van der Waals surface area contributed by atoms with E-state index in [0.717, 1.165) is 15.4 Å². The molecule has 0 heterocycles. The molecule has 2 aromatic carbocycles. The molecule has 1 N–H and O–H groups in total. The molecule has 2 aromatic rings. The Hall–Kier alpha value is -2.36. The van der Waals surface area contributed by atoms with Crippen molar-refractivity contribution in [2.75, 3.05) is 7.05 Å². The molecule has 0 atom stereocenters. The molecule has 0 amide bonds. The van der Waals surface area contributed by atoms with E-state index in [2.05, 4.69) is 11.4 Å². The monoisotopic (exact) mass is 299 g/mol. The fraction of sp³-hybridized carbons (Fsp3) is 0.133. The van der Waals surface area contributed by atoms with Gasteiger partial charge in [0.1, 0.15) is 6.07 Å². The van der Waals surface area contributed by atoms with E-state index in [1.54, 1.807) is 12.1 Å². The van der Waals surface area contributed by atoms with Crippen LogP contribution in [0.1, 0.15) is 11.1 Å². The highest BCUT2D eigenvalue weighted by Crippen LogP contribution is 2.31. The quantitative estimate of drug-likeness (QED) is 0.676. The van der Waals surface area contributed by atoms with Gasteiger partial charge in [-0.2, -0.15) is 5.26 Å². The lowest BCUT2D eigenvalue weighted by atomic mass is 10.1. The fourth-order valence-corrected chi connectivity index (χ4v) is 2.71. The zero-order valence-corrected chi connectivity index (χ0v) is 12.2. The Morgan fingerprint density at radius 3 is 2.57 bits per heavy atom. The third-order valence-electron chi connectivity index (χ3n) is 2.82. The molecule has 0 fully saturated rings. The average molecular weight is 299 g/mol. The molecule has 0 aliphatic heterocycles. The summed E-state index contributed by atoms with van der Waals surface area (Å²) >= 11 is 1.42. The minimum Gasteiger partial charge on any atom is -0.316 e. The van der Waals surface area contributed by atoms with Crippen LogP contribution in [0.2, 0.25) is 0 Å². The van der Waals surface area contributed by atoms with Gasteiger partial charge in [-0.3, -0.25) is 10.1 Å². The number of hydrogen-bond donors (Lipinski definition) is 1. The van der Waals surface area contributed by atoms with E-state index in [1.807, 2.05) is 25.2 Å². The second-order valence-electron chi connectivity index (χ2n) is 4.33. The number of non-ortho nitro benzene ring substituents is 1. The van der Waals surface area contributed by atoms with E-state index >= 15 is 0 Å². The van der Waals surface area contributed by atoms with Crippen LogP contribution < -0.4 is 5.32 Å². The number of rotatable bonds is 5. The van der Waals surface area contributed by atoms with Gasteiger partial charge in [-0.05, 0) is 36.9 Å². The second kappa shape index (κ2) is 6.88. The minimum atomic E-state index is -0.429. The molecule has 21 heavy (non-hydrogen) atoms.